The van der Waals surface area contributed by atoms with Gasteiger partial charge in [0.25, 0.3) is 0 Å². The van der Waals surface area contributed by atoms with Gasteiger partial charge in [0, 0.05) is 0 Å². The van der Waals surface area contributed by atoms with Crippen molar-refractivity contribution in [1.29, 1.82) is 0 Å². The van der Waals surface area contributed by atoms with Crippen LogP contribution in [-0.2, 0) is 14.9 Å². The van der Waals surface area contributed by atoms with E-state index < -0.39 is 0 Å². The number of hydrogen-bond acceptors (Lipinski definition) is 3. The predicted octanol–water partition coefficient (Wildman–Crippen LogP) is 5.76. The second-order valence-electron chi connectivity index (χ2n) is 10.4. The van der Waals surface area contributed by atoms with Crippen molar-refractivity contribution in [2.75, 3.05) is 6.61 Å². The van der Waals surface area contributed by atoms with Crippen LogP contribution in [0.4, 0.5) is 0 Å². The average Bonchev–Trinajstić information content (AvgIpc) is 2.62. The maximum Gasteiger partial charge on any atom is 0.344 e. The molecule has 4 fully saturated rings. The molecule has 0 saturated heterocycles. The van der Waals surface area contributed by atoms with E-state index >= 15 is 0 Å². The Morgan fingerprint density at radius 3 is 2.25 bits per heavy atom. The molecule has 2 atom stereocenters. The fraction of sp³-hybridized carbons (Fsp3) is 0.720. The minimum atomic E-state index is -0.309. The SMILES string of the molecule is CC(C)CC1C2CC3CC1CC(c1ccc(OCC(=O)OC(C)C)cc1)(C3)C2. The highest BCUT2D eigenvalue weighted by Gasteiger charge is 2.55. The largest absolute Gasteiger partial charge is 0.482 e. The molecule has 5 rings (SSSR count). The molecule has 4 aliphatic rings. The predicted molar refractivity (Wildman–Crippen MR) is 111 cm³/mol. The Labute approximate surface area is 170 Å². The van der Waals surface area contributed by atoms with E-state index in [9.17, 15) is 4.79 Å². The molecule has 0 amide bonds. The first-order valence-electron chi connectivity index (χ1n) is 11.3. The molecule has 28 heavy (non-hydrogen) atoms. The number of esters is 1. The molecule has 0 N–H and O–H groups in total. The summed E-state index contributed by atoms with van der Waals surface area (Å²) < 4.78 is 10.8. The summed E-state index contributed by atoms with van der Waals surface area (Å²) in [6.45, 7) is 8.45. The average molecular weight is 385 g/mol. The first-order chi connectivity index (χ1) is 13.3. The molecule has 3 nitrogen and oxygen atoms in total. The summed E-state index contributed by atoms with van der Waals surface area (Å²) in [4.78, 5) is 11.7. The van der Waals surface area contributed by atoms with Crippen LogP contribution in [-0.4, -0.2) is 18.7 Å². The first kappa shape index (κ1) is 19.8. The fourth-order valence-electron chi connectivity index (χ4n) is 6.76. The lowest BCUT2D eigenvalue weighted by molar-refractivity contribution is -0.149. The van der Waals surface area contributed by atoms with Gasteiger partial charge < -0.3 is 9.47 Å². The highest BCUT2D eigenvalue weighted by atomic mass is 16.6. The molecular formula is C25H36O3. The van der Waals surface area contributed by atoms with E-state index in [-0.39, 0.29) is 18.7 Å². The summed E-state index contributed by atoms with van der Waals surface area (Å²) in [5.41, 5.74) is 1.88. The van der Waals surface area contributed by atoms with Crippen molar-refractivity contribution in [1.82, 2.24) is 0 Å². The monoisotopic (exact) mass is 384 g/mol. The fourth-order valence-corrected chi connectivity index (χ4v) is 6.76. The van der Waals surface area contributed by atoms with Gasteiger partial charge in [0.2, 0.25) is 0 Å². The third-order valence-corrected chi connectivity index (χ3v) is 7.40. The summed E-state index contributed by atoms with van der Waals surface area (Å²) in [6.07, 6.45) is 8.36. The summed E-state index contributed by atoms with van der Waals surface area (Å²) in [5, 5.41) is 0. The normalized spacial score (nSPS) is 33.5. The van der Waals surface area contributed by atoms with Gasteiger partial charge in [0.15, 0.2) is 6.61 Å². The maximum atomic E-state index is 11.7. The lowest BCUT2D eigenvalue weighted by Crippen LogP contribution is -2.53. The Morgan fingerprint density at radius 1 is 1.04 bits per heavy atom. The number of carbonyl (C=O) groups excluding carboxylic acids is 1. The molecule has 4 aliphatic carbocycles. The summed E-state index contributed by atoms with van der Waals surface area (Å²) in [5.74, 6) is 5.01. The second kappa shape index (κ2) is 7.72. The van der Waals surface area contributed by atoms with Gasteiger partial charge in [-0.05, 0) is 105 Å². The van der Waals surface area contributed by atoms with E-state index in [4.69, 9.17) is 9.47 Å². The molecule has 1 aromatic carbocycles. The second-order valence-corrected chi connectivity index (χ2v) is 10.4. The number of ether oxygens (including phenoxy) is 2. The summed E-state index contributed by atoms with van der Waals surface area (Å²) >= 11 is 0. The molecular weight excluding hydrogens is 348 g/mol. The number of carbonyl (C=O) groups is 1. The molecule has 3 heteroatoms. The van der Waals surface area contributed by atoms with Crippen molar-refractivity contribution in [3.05, 3.63) is 29.8 Å². The number of hydrogen-bond donors (Lipinski definition) is 0. The zero-order chi connectivity index (χ0) is 19.9. The first-order valence-corrected chi connectivity index (χ1v) is 11.3. The highest BCUT2D eigenvalue weighted by molar-refractivity contribution is 5.71. The lowest BCUT2D eigenvalue weighted by atomic mass is 9.44. The molecule has 4 saturated carbocycles. The quantitative estimate of drug-likeness (QED) is 0.561. The molecule has 0 aliphatic heterocycles. The van der Waals surface area contributed by atoms with Crippen LogP contribution in [0.15, 0.2) is 24.3 Å². The highest BCUT2D eigenvalue weighted by Crippen LogP contribution is 2.63. The Hall–Kier alpha value is -1.51. The van der Waals surface area contributed by atoms with Gasteiger partial charge in [-0.2, -0.15) is 0 Å². The van der Waals surface area contributed by atoms with E-state index in [2.05, 4.69) is 26.0 Å². The molecule has 0 radical (unpaired) electrons. The van der Waals surface area contributed by atoms with Crippen LogP contribution in [0.2, 0.25) is 0 Å². The number of benzene rings is 1. The van der Waals surface area contributed by atoms with Gasteiger partial charge in [0.05, 0.1) is 6.10 Å². The standard InChI is InChI=1S/C25H36O3/c1-16(2)9-23-19-10-18-11-20(23)14-25(12-18,13-19)21-5-7-22(8-6-21)27-15-24(26)28-17(3)4/h5-8,16-20,23H,9-15H2,1-4H3. The summed E-state index contributed by atoms with van der Waals surface area (Å²) in [7, 11) is 0. The van der Waals surface area contributed by atoms with E-state index in [1.54, 1.807) is 0 Å². The molecule has 4 bridgehead atoms. The Bertz CT molecular complexity index is 674. The van der Waals surface area contributed by atoms with Gasteiger partial charge in [-0.15, -0.1) is 0 Å². The van der Waals surface area contributed by atoms with E-state index in [1.807, 2.05) is 26.0 Å². The maximum absolute atomic E-state index is 11.7. The zero-order valence-electron chi connectivity index (χ0n) is 17.9. The van der Waals surface area contributed by atoms with Gasteiger partial charge in [-0.25, -0.2) is 4.79 Å². The van der Waals surface area contributed by atoms with Crippen molar-refractivity contribution in [3.63, 3.8) is 0 Å². The molecule has 0 heterocycles. The van der Waals surface area contributed by atoms with Gasteiger partial charge in [0.1, 0.15) is 5.75 Å². The Kier molecular flexibility index (Phi) is 5.46. The van der Waals surface area contributed by atoms with Crippen molar-refractivity contribution >= 4 is 5.97 Å². The van der Waals surface area contributed by atoms with Crippen LogP contribution in [0.3, 0.4) is 0 Å². The van der Waals surface area contributed by atoms with E-state index in [1.165, 1.54) is 44.1 Å². The van der Waals surface area contributed by atoms with Crippen LogP contribution in [0, 0.1) is 29.6 Å². The lowest BCUT2D eigenvalue weighted by Gasteiger charge is -2.61. The van der Waals surface area contributed by atoms with Gasteiger partial charge in [-0.1, -0.05) is 26.0 Å². The van der Waals surface area contributed by atoms with Crippen molar-refractivity contribution < 1.29 is 14.3 Å². The smallest absolute Gasteiger partial charge is 0.344 e. The molecule has 154 valence electrons. The Balaban J connectivity index is 1.43. The van der Waals surface area contributed by atoms with E-state index in [0.29, 0.717) is 5.41 Å². The van der Waals surface area contributed by atoms with Gasteiger partial charge >= 0.3 is 5.97 Å². The van der Waals surface area contributed by atoms with Crippen LogP contribution in [0.1, 0.15) is 71.8 Å². The third-order valence-electron chi connectivity index (χ3n) is 7.40. The van der Waals surface area contributed by atoms with Crippen LogP contribution < -0.4 is 4.74 Å². The van der Waals surface area contributed by atoms with Crippen molar-refractivity contribution in [2.45, 2.75) is 77.7 Å². The third kappa shape index (κ3) is 3.95. The molecule has 0 spiro atoms. The topological polar surface area (TPSA) is 35.5 Å². The number of rotatable bonds is 7. The van der Waals surface area contributed by atoms with Crippen LogP contribution in [0.25, 0.3) is 0 Å². The molecule has 2 unspecified atom stereocenters. The van der Waals surface area contributed by atoms with Crippen molar-refractivity contribution in [3.8, 4) is 5.75 Å². The Morgan fingerprint density at radius 2 is 1.68 bits per heavy atom. The summed E-state index contributed by atoms with van der Waals surface area (Å²) in [6, 6.07) is 8.60. The van der Waals surface area contributed by atoms with Crippen LogP contribution in [0.5, 0.6) is 5.75 Å². The minimum Gasteiger partial charge on any atom is -0.482 e. The van der Waals surface area contributed by atoms with Crippen molar-refractivity contribution in [2.24, 2.45) is 29.6 Å². The molecule has 0 aromatic heterocycles. The zero-order valence-corrected chi connectivity index (χ0v) is 17.9. The minimum absolute atomic E-state index is 0.0220. The van der Waals surface area contributed by atoms with Gasteiger partial charge in [-0.3, -0.25) is 0 Å². The van der Waals surface area contributed by atoms with E-state index in [0.717, 1.165) is 35.3 Å². The molecule has 1 aromatic rings. The van der Waals surface area contributed by atoms with Crippen LogP contribution >= 0.6 is 0 Å².